The lowest BCUT2D eigenvalue weighted by atomic mass is 9.93. The maximum atomic E-state index is 14.1. The Hall–Kier alpha value is -4.50. The second-order valence-corrected chi connectivity index (χ2v) is 12.5. The van der Waals surface area contributed by atoms with Crippen molar-refractivity contribution >= 4 is 21.6 Å². The maximum Gasteiger partial charge on any atom is 0.194 e. The van der Waals surface area contributed by atoms with Gasteiger partial charge in [-0.25, -0.2) is 22.8 Å². The van der Waals surface area contributed by atoms with E-state index >= 15 is 0 Å². The number of aromatic nitrogens is 7. The highest BCUT2D eigenvalue weighted by Gasteiger charge is 2.47. The first-order valence-corrected chi connectivity index (χ1v) is 15.5. The second kappa shape index (κ2) is 11.4. The lowest BCUT2D eigenvalue weighted by molar-refractivity contribution is -0.302. The van der Waals surface area contributed by atoms with Gasteiger partial charge in [0.25, 0.3) is 0 Å². The highest BCUT2D eigenvalue weighted by molar-refractivity contribution is 7.18. The molecule has 46 heavy (non-hydrogen) atoms. The summed E-state index contributed by atoms with van der Waals surface area (Å²) in [6.07, 6.45) is -0.316. The molecule has 0 N–H and O–H groups in total. The molecule has 5 atom stereocenters. The molecule has 14 heteroatoms. The summed E-state index contributed by atoms with van der Waals surface area (Å²) in [5.74, 6) is -2.89. The zero-order valence-corrected chi connectivity index (χ0v) is 25.4. The van der Waals surface area contributed by atoms with Crippen LogP contribution in [0.5, 0.6) is 0 Å². The predicted molar refractivity (Wildman–Crippen MR) is 161 cm³/mol. The van der Waals surface area contributed by atoms with E-state index in [0.29, 0.717) is 18.1 Å². The number of benzene rings is 3. The molecule has 3 aromatic carbocycles. The molecule has 5 heterocycles. The molecule has 10 nitrogen and oxygen atoms in total. The van der Waals surface area contributed by atoms with E-state index in [9.17, 15) is 13.2 Å². The quantitative estimate of drug-likeness (QED) is 0.200. The molecule has 2 aliphatic rings. The molecule has 0 spiro atoms. The van der Waals surface area contributed by atoms with Crippen molar-refractivity contribution in [3.63, 3.8) is 0 Å². The first kappa shape index (κ1) is 28.9. The fraction of sp³-hybridized carbons (Fsp3) is 0.281. The Balaban J connectivity index is 1.17. The minimum absolute atomic E-state index is 0.0573. The minimum atomic E-state index is -1.54. The Morgan fingerprint density at radius 1 is 0.913 bits per heavy atom. The number of rotatable bonds is 5. The van der Waals surface area contributed by atoms with Crippen molar-refractivity contribution in [3.8, 4) is 16.9 Å². The first-order valence-electron chi connectivity index (χ1n) is 14.7. The van der Waals surface area contributed by atoms with Crippen molar-refractivity contribution in [3.05, 3.63) is 107 Å². The van der Waals surface area contributed by atoms with Gasteiger partial charge in [0.1, 0.15) is 29.8 Å². The van der Waals surface area contributed by atoms with Crippen molar-refractivity contribution < 1.29 is 27.4 Å². The van der Waals surface area contributed by atoms with Gasteiger partial charge in [0.05, 0.1) is 39.8 Å². The third kappa shape index (κ3) is 5.07. The Morgan fingerprint density at radius 2 is 1.72 bits per heavy atom. The minimum Gasteiger partial charge on any atom is -0.362 e. The molecule has 0 saturated carbocycles. The maximum absolute atomic E-state index is 14.1. The van der Waals surface area contributed by atoms with Crippen LogP contribution in [-0.4, -0.2) is 53.6 Å². The van der Waals surface area contributed by atoms with Gasteiger partial charge in [-0.15, -0.1) is 26.6 Å². The van der Waals surface area contributed by atoms with Crippen LogP contribution in [0.25, 0.3) is 27.2 Å². The van der Waals surface area contributed by atoms with E-state index in [0.717, 1.165) is 38.6 Å². The number of ether oxygens (including phenoxy) is 3. The van der Waals surface area contributed by atoms with Crippen LogP contribution in [0.1, 0.15) is 47.1 Å². The van der Waals surface area contributed by atoms with Gasteiger partial charge in [0.15, 0.2) is 29.6 Å². The van der Waals surface area contributed by atoms with Crippen LogP contribution in [0.15, 0.2) is 66.9 Å². The Labute approximate surface area is 264 Å². The fourth-order valence-corrected chi connectivity index (χ4v) is 7.04. The molecule has 8 rings (SSSR count). The van der Waals surface area contributed by atoms with Crippen LogP contribution in [-0.2, 0) is 14.2 Å². The van der Waals surface area contributed by atoms with Crippen molar-refractivity contribution in [2.24, 2.45) is 0 Å². The summed E-state index contributed by atoms with van der Waals surface area (Å²) >= 11 is 1.61. The molecule has 0 aliphatic carbocycles. The average Bonchev–Trinajstić information content (AvgIpc) is 3.80. The van der Waals surface area contributed by atoms with Crippen LogP contribution in [0.2, 0.25) is 0 Å². The summed E-state index contributed by atoms with van der Waals surface area (Å²) in [6.45, 7) is 4.08. The van der Waals surface area contributed by atoms with Gasteiger partial charge in [0, 0.05) is 17.5 Å². The average molecular weight is 646 g/mol. The smallest absolute Gasteiger partial charge is 0.194 e. The van der Waals surface area contributed by atoms with Gasteiger partial charge in [0.2, 0.25) is 0 Å². The fourth-order valence-electron chi connectivity index (χ4n) is 6.18. The number of hydrogen-bond donors (Lipinski definition) is 0. The highest BCUT2D eigenvalue weighted by atomic mass is 32.1. The molecule has 2 saturated heterocycles. The molecule has 0 radical (unpaired) electrons. The van der Waals surface area contributed by atoms with Crippen molar-refractivity contribution in [2.75, 3.05) is 6.61 Å². The first-order chi connectivity index (χ1) is 22.3. The highest BCUT2D eigenvalue weighted by Crippen LogP contribution is 2.44. The molecular weight excluding hydrogens is 619 g/mol. The van der Waals surface area contributed by atoms with E-state index in [-0.39, 0.29) is 17.9 Å². The number of aryl methyl sites for hydroxylation is 2. The monoisotopic (exact) mass is 645 g/mol. The van der Waals surface area contributed by atoms with Crippen LogP contribution in [0.3, 0.4) is 0 Å². The van der Waals surface area contributed by atoms with Crippen molar-refractivity contribution in [2.45, 2.75) is 50.9 Å². The molecule has 0 bridgehead atoms. The zero-order valence-electron chi connectivity index (χ0n) is 24.5. The number of thiazole rings is 1. The Bertz CT molecular complexity index is 2040. The largest absolute Gasteiger partial charge is 0.362 e. The van der Waals surface area contributed by atoms with Gasteiger partial charge in [-0.05, 0) is 44.2 Å². The Morgan fingerprint density at radius 3 is 2.52 bits per heavy atom. The number of nitrogens with zero attached hydrogens (tertiary/aromatic N) is 7. The van der Waals surface area contributed by atoms with E-state index in [1.54, 1.807) is 22.2 Å². The SMILES string of the molecule is Cc1nc2ccc(-n3c(C)nnc3[C@H]3C[C@@H](n4cc(-c5cc(F)c(F)c(F)c5)nn4)[C@H]4OC(c5ccccc5)OC[C@H]4O3)cc2s1. The zero-order chi connectivity index (χ0) is 31.5. The lowest BCUT2D eigenvalue weighted by Gasteiger charge is -2.45. The molecule has 6 aromatic rings. The van der Waals surface area contributed by atoms with Crippen molar-refractivity contribution in [1.29, 1.82) is 0 Å². The van der Waals surface area contributed by atoms with E-state index in [1.165, 1.54) is 0 Å². The summed E-state index contributed by atoms with van der Waals surface area (Å²) in [5, 5.41) is 18.4. The summed E-state index contributed by atoms with van der Waals surface area (Å²) in [6, 6.07) is 16.9. The number of fused-ring (bicyclic) bond motifs is 2. The van der Waals surface area contributed by atoms with Gasteiger partial charge < -0.3 is 14.2 Å². The van der Waals surface area contributed by atoms with Crippen molar-refractivity contribution in [1.82, 2.24) is 34.7 Å². The molecule has 3 aromatic heterocycles. The van der Waals surface area contributed by atoms with Gasteiger partial charge in [-0.1, -0.05) is 35.5 Å². The lowest BCUT2D eigenvalue weighted by Crippen LogP contribution is -2.51. The van der Waals surface area contributed by atoms with Crippen LogP contribution in [0.4, 0.5) is 13.2 Å². The topological polar surface area (TPSA) is 102 Å². The molecule has 0 amide bonds. The van der Waals surface area contributed by atoms with Crippen LogP contribution >= 0.6 is 11.3 Å². The van der Waals surface area contributed by atoms with Gasteiger partial charge in [-0.3, -0.25) is 4.57 Å². The van der Waals surface area contributed by atoms with E-state index < -0.39 is 48.1 Å². The molecule has 234 valence electrons. The van der Waals surface area contributed by atoms with Crippen LogP contribution in [0, 0.1) is 31.3 Å². The number of hydrogen-bond acceptors (Lipinski definition) is 9. The van der Waals surface area contributed by atoms with Gasteiger partial charge >= 0.3 is 0 Å². The van der Waals surface area contributed by atoms with Gasteiger partial charge in [-0.2, -0.15) is 0 Å². The number of halogens is 3. The third-order valence-corrected chi connectivity index (χ3v) is 9.24. The van der Waals surface area contributed by atoms with Crippen LogP contribution < -0.4 is 0 Å². The Kier molecular flexibility index (Phi) is 7.16. The predicted octanol–water partition coefficient (Wildman–Crippen LogP) is 6.36. The normalized spacial score (nSPS) is 23.1. The molecule has 2 fully saturated rings. The summed E-state index contributed by atoms with van der Waals surface area (Å²) in [4.78, 5) is 4.57. The second-order valence-electron chi connectivity index (χ2n) is 11.3. The molecule has 1 unspecified atom stereocenters. The van der Waals surface area contributed by atoms with E-state index in [1.807, 2.05) is 60.9 Å². The third-order valence-electron chi connectivity index (χ3n) is 8.31. The molecular formula is C32H26F3N7O3S. The summed E-state index contributed by atoms with van der Waals surface area (Å²) in [5.41, 5.74) is 2.88. The molecule has 2 aliphatic heterocycles. The van der Waals surface area contributed by atoms with E-state index in [2.05, 4.69) is 31.6 Å². The summed E-state index contributed by atoms with van der Waals surface area (Å²) in [7, 11) is 0. The summed E-state index contributed by atoms with van der Waals surface area (Å²) < 4.78 is 65.7. The standard InChI is InChI=1S/C32H26F3N7O3S/c1-16-37-39-31(42(16)20-8-9-23-28(12-20)46-17(2)36-23)26-13-25(30-27(44-26)15-43-32(45-30)18-6-4-3-5-7-18)41-14-24(38-40-41)19-10-21(33)29(35)22(34)11-19/h3-12,14,25-27,30,32H,13,15H2,1-2H3/t25-,26-,27-,30-,32?/m1/s1. The van der Waals surface area contributed by atoms with E-state index in [4.69, 9.17) is 14.2 Å².